The molecule has 4 N–H and O–H groups in total. The van der Waals surface area contributed by atoms with E-state index in [1.807, 2.05) is 0 Å². The van der Waals surface area contributed by atoms with Gasteiger partial charge in [0.15, 0.2) is 0 Å². The number of hydrogen-bond donors (Lipinski definition) is 2. The number of carbonyl (C=O) groups is 2. The van der Waals surface area contributed by atoms with Crippen molar-refractivity contribution in [3.63, 3.8) is 0 Å². The van der Waals surface area contributed by atoms with Crippen LogP contribution in [0.5, 0.6) is 0 Å². The second kappa shape index (κ2) is 5.56. The Balaban J connectivity index is 4.01. The van der Waals surface area contributed by atoms with Crippen LogP contribution in [0.1, 0.15) is 20.8 Å². The summed E-state index contributed by atoms with van der Waals surface area (Å²) in [6.45, 7) is 4.76. The second-order valence-electron chi connectivity index (χ2n) is 3.13. The minimum absolute atomic E-state index is 0.303. The summed E-state index contributed by atoms with van der Waals surface area (Å²) in [5.74, 6) is -1.52. The van der Waals surface area contributed by atoms with Gasteiger partial charge < -0.3 is 15.2 Å². The molecule has 0 aliphatic carbocycles. The molecule has 0 radical (unpaired) electrons. The first-order chi connectivity index (χ1) is 6.34. The van der Waals surface area contributed by atoms with E-state index in [2.05, 4.69) is 4.74 Å². The lowest BCUT2D eigenvalue weighted by Gasteiger charge is -2.15. The van der Waals surface area contributed by atoms with Crippen LogP contribution in [0, 0.1) is 0 Å². The minimum atomic E-state index is -1.41. The Hall–Kier alpha value is -1.14. The third-order valence-electron chi connectivity index (χ3n) is 1.20. The number of esters is 2. The first-order valence-electron chi connectivity index (χ1n) is 4.26. The lowest BCUT2D eigenvalue weighted by atomic mass is 10.4. The van der Waals surface area contributed by atoms with E-state index in [4.69, 9.17) is 16.2 Å². The van der Waals surface area contributed by atoms with Gasteiger partial charge >= 0.3 is 11.9 Å². The van der Waals surface area contributed by atoms with Crippen molar-refractivity contribution < 1.29 is 19.1 Å². The summed E-state index contributed by atoms with van der Waals surface area (Å²) in [4.78, 5) is 22.0. The average molecular weight is 204 g/mol. The number of rotatable bonds is 4. The summed E-state index contributed by atoms with van der Waals surface area (Å²) in [6.07, 6.45) is -1.71. The molecule has 0 unspecified atom stereocenters. The van der Waals surface area contributed by atoms with Gasteiger partial charge in [-0.1, -0.05) is 0 Å². The van der Waals surface area contributed by atoms with Gasteiger partial charge in [-0.3, -0.25) is 10.5 Å². The topological polar surface area (TPSA) is 105 Å². The smallest absolute Gasteiger partial charge is 0.363 e. The molecule has 0 aromatic rings. The van der Waals surface area contributed by atoms with Crippen LogP contribution in [-0.2, 0) is 19.1 Å². The van der Waals surface area contributed by atoms with Crippen LogP contribution in [-0.4, -0.2) is 30.3 Å². The molecule has 0 amide bonds. The van der Waals surface area contributed by atoms with E-state index >= 15 is 0 Å². The van der Waals surface area contributed by atoms with Gasteiger partial charge in [-0.05, 0) is 20.8 Å². The molecular formula is C8H16N2O4. The molecule has 6 heteroatoms. The van der Waals surface area contributed by atoms with Crippen LogP contribution >= 0.6 is 0 Å². The van der Waals surface area contributed by atoms with Crippen LogP contribution in [0.15, 0.2) is 0 Å². The molecule has 0 aromatic carbocycles. The summed E-state index contributed by atoms with van der Waals surface area (Å²) in [5, 5.41) is 0. The van der Waals surface area contributed by atoms with E-state index in [-0.39, 0.29) is 6.10 Å². The molecule has 0 saturated heterocycles. The van der Waals surface area contributed by atoms with Crippen LogP contribution < -0.4 is 11.5 Å². The van der Waals surface area contributed by atoms with Crippen molar-refractivity contribution in [2.75, 3.05) is 0 Å². The molecule has 14 heavy (non-hydrogen) atoms. The molecule has 0 bridgehead atoms. The number of nitrogens with two attached hydrogens (primary N) is 2. The number of carbonyl (C=O) groups excluding carboxylic acids is 2. The van der Waals surface area contributed by atoms with Gasteiger partial charge in [0.2, 0.25) is 6.23 Å². The third-order valence-corrected chi connectivity index (χ3v) is 1.20. The largest absolute Gasteiger partial charge is 0.459 e. The van der Waals surface area contributed by atoms with Gasteiger partial charge in [-0.15, -0.1) is 0 Å². The summed E-state index contributed by atoms with van der Waals surface area (Å²) in [5.41, 5.74) is 10.4. The van der Waals surface area contributed by atoms with Crippen LogP contribution in [0.3, 0.4) is 0 Å². The van der Waals surface area contributed by atoms with E-state index in [1.54, 1.807) is 13.8 Å². The Bertz CT molecular complexity index is 215. The number of ether oxygens (including phenoxy) is 2. The highest BCUT2D eigenvalue weighted by Gasteiger charge is 2.22. The summed E-state index contributed by atoms with van der Waals surface area (Å²) in [7, 11) is 0. The van der Waals surface area contributed by atoms with Gasteiger partial charge in [0, 0.05) is 0 Å². The predicted octanol–water partition coefficient (Wildman–Crippen LogP) is -0.887. The zero-order valence-electron chi connectivity index (χ0n) is 8.52. The molecule has 0 fully saturated rings. The standard InChI is InChI=1S/C8H16N2O4/c1-4(2)13-8(12)6(10)14-7(11)5(3)9/h4-6H,9-10H2,1-3H3/t5-,6-/m1/s1. The molecule has 0 rings (SSSR count). The van der Waals surface area contributed by atoms with E-state index < -0.39 is 24.2 Å². The minimum Gasteiger partial charge on any atom is -0.459 e. The van der Waals surface area contributed by atoms with Crippen LogP contribution in [0.2, 0.25) is 0 Å². The first kappa shape index (κ1) is 12.9. The molecule has 6 nitrogen and oxygen atoms in total. The molecular weight excluding hydrogens is 188 g/mol. The van der Waals surface area contributed by atoms with Crippen molar-refractivity contribution in [2.24, 2.45) is 11.5 Å². The molecule has 0 saturated carbocycles. The summed E-state index contributed by atoms with van der Waals surface area (Å²) < 4.78 is 9.22. The molecule has 0 aromatic heterocycles. The fourth-order valence-corrected chi connectivity index (χ4v) is 0.580. The molecule has 82 valence electrons. The van der Waals surface area contributed by atoms with Gasteiger partial charge in [0.05, 0.1) is 6.10 Å². The van der Waals surface area contributed by atoms with Gasteiger partial charge in [-0.2, -0.15) is 0 Å². The normalized spacial score (nSPS) is 14.7. The maximum Gasteiger partial charge on any atom is 0.363 e. The fraction of sp³-hybridized carbons (Fsp3) is 0.750. The van der Waals surface area contributed by atoms with Gasteiger partial charge in [0.1, 0.15) is 6.04 Å². The molecule has 0 aliphatic rings. The Morgan fingerprint density at radius 3 is 1.86 bits per heavy atom. The molecule has 0 aliphatic heterocycles. The van der Waals surface area contributed by atoms with E-state index in [1.165, 1.54) is 6.92 Å². The van der Waals surface area contributed by atoms with Gasteiger partial charge in [-0.25, -0.2) is 4.79 Å². The maximum absolute atomic E-state index is 11.0. The third kappa shape index (κ3) is 4.78. The molecule has 0 heterocycles. The van der Waals surface area contributed by atoms with Crippen molar-refractivity contribution in [3.05, 3.63) is 0 Å². The number of hydrogen-bond acceptors (Lipinski definition) is 6. The van der Waals surface area contributed by atoms with Crippen LogP contribution in [0.4, 0.5) is 0 Å². The monoisotopic (exact) mass is 204 g/mol. The SMILES string of the molecule is CC(C)OC(=O)[C@H](N)OC(=O)[C@@H](C)N. The van der Waals surface area contributed by atoms with Gasteiger partial charge in [0.25, 0.3) is 0 Å². The average Bonchev–Trinajstić information content (AvgIpc) is 2.02. The highest BCUT2D eigenvalue weighted by molar-refractivity contribution is 5.81. The first-order valence-corrected chi connectivity index (χ1v) is 4.26. The molecule has 2 atom stereocenters. The van der Waals surface area contributed by atoms with Crippen molar-refractivity contribution in [1.82, 2.24) is 0 Å². The lowest BCUT2D eigenvalue weighted by molar-refractivity contribution is -0.170. The second-order valence-corrected chi connectivity index (χ2v) is 3.13. The van der Waals surface area contributed by atoms with E-state index in [0.29, 0.717) is 0 Å². The van der Waals surface area contributed by atoms with Crippen molar-refractivity contribution in [3.8, 4) is 0 Å². The Kier molecular flexibility index (Phi) is 5.11. The van der Waals surface area contributed by atoms with Crippen LogP contribution in [0.25, 0.3) is 0 Å². The zero-order chi connectivity index (χ0) is 11.3. The predicted molar refractivity (Wildman–Crippen MR) is 48.9 cm³/mol. The highest BCUT2D eigenvalue weighted by Crippen LogP contribution is 1.95. The Morgan fingerprint density at radius 2 is 1.50 bits per heavy atom. The van der Waals surface area contributed by atoms with E-state index in [0.717, 1.165) is 0 Å². The van der Waals surface area contributed by atoms with Crippen molar-refractivity contribution in [1.29, 1.82) is 0 Å². The van der Waals surface area contributed by atoms with Crippen molar-refractivity contribution >= 4 is 11.9 Å². The Labute approximate surface area is 82.5 Å². The fourth-order valence-electron chi connectivity index (χ4n) is 0.580. The molecule has 0 spiro atoms. The van der Waals surface area contributed by atoms with E-state index in [9.17, 15) is 9.59 Å². The quantitative estimate of drug-likeness (QED) is 0.455. The Morgan fingerprint density at radius 1 is 1.00 bits per heavy atom. The highest BCUT2D eigenvalue weighted by atomic mass is 16.6. The summed E-state index contributed by atoms with van der Waals surface area (Å²) >= 11 is 0. The lowest BCUT2D eigenvalue weighted by Crippen LogP contribution is -2.42. The maximum atomic E-state index is 11.0. The zero-order valence-corrected chi connectivity index (χ0v) is 8.52. The summed E-state index contributed by atoms with van der Waals surface area (Å²) in [6, 6.07) is -0.812. The van der Waals surface area contributed by atoms with Crippen molar-refractivity contribution in [2.45, 2.75) is 39.1 Å².